The molecule has 0 atom stereocenters. The summed E-state index contributed by atoms with van der Waals surface area (Å²) in [6.07, 6.45) is 1.86. The minimum atomic E-state index is -0.126. The van der Waals surface area contributed by atoms with Crippen LogP contribution in [0, 0.1) is 6.92 Å². The number of carbonyl (C=O) groups excluding carboxylic acids is 1. The van der Waals surface area contributed by atoms with E-state index in [9.17, 15) is 4.79 Å². The summed E-state index contributed by atoms with van der Waals surface area (Å²) >= 11 is 7.28. The highest BCUT2D eigenvalue weighted by molar-refractivity contribution is 8.18. The summed E-state index contributed by atoms with van der Waals surface area (Å²) < 4.78 is 0. The van der Waals surface area contributed by atoms with E-state index in [0.717, 1.165) is 16.8 Å². The number of nitrogens with zero attached hydrogens (tertiary/aromatic N) is 1. The number of nitrogens with one attached hydrogen (secondary N) is 1. The third-order valence-corrected chi connectivity index (χ3v) is 4.27. The number of amidine groups is 1. The van der Waals surface area contributed by atoms with E-state index in [1.807, 2.05) is 55.5 Å². The number of benzene rings is 2. The first-order valence-corrected chi connectivity index (χ1v) is 7.92. The molecule has 1 fully saturated rings. The second-order valence-corrected chi connectivity index (χ2v) is 6.29. The Bertz CT molecular complexity index is 785. The maximum atomic E-state index is 12.0. The van der Waals surface area contributed by atoms with E-state index >= 15 is 0 Å². The molecule has 2 aromatic rings. The van der Waals surface area contributed by atoms with Gasteiger partial charge < -0.3 is 5.32 Å². The van der Waals surface area contributed by atoms with Gasteiger partial charge in [0.15, 0.2) is 5.17 Å². The largest absolute Gasteiger partial charge is 0.300 e. The Morgan fingerprint density at radius 3 is 2.68 bits per heavy atom. The van der Waals surface area contributed by atoms with E-state index in [1.165, 1.54) is 11.8 Å². The smallest absolute Gasteiger partial charge is 0.264 e. The summed E-state index contributed by atoms with van der Waals surface area (Å²) in [7, 11) is 0. The van der Waals surface area contributed by atoms with Gasteiger partial charge >= 0.3 is 0 Å². The van der Waals surface area contributed by atoms with Crippen LogP contribution in [0.3, 0.4) is 0 Å². The zero-order valence-corrected chi connectivity index (χ0v) is 13.4. The van der Waals surface area contributed by atoms with Crippen molar-refractivity contribution in [3.63, 3.8) is 0 Å². The molecule has 0 radical (unpaired) electrons. The molecule has 2 aromatic carbocycles. The molecular weight excluding hydrogens is 316 g/mol. The summed E-state index contributed by atoms with van der Waals surface area (Å²) in [6, 6.07) is 15.2. The number of halogens is 1. The van der Waals surface area contributed by atoms with Crippen molar-refractivity contribution in [2.24, 2.45) is 4.99 Å². The fourth-order valence-corrected chi connectivity index (χ4v) is 3.10. The number of hydrogen-bond donors (Lipinski definition) is 1. The van der Waals surface area contributed by atoms with Crippen LogP contribution in [0.15, 0.2) is 58.4 Å². The lowest BCUT2D eigenvalue weighted by atomic mass is 10.2. The molecule has 1 aliphatic heterocycles. The average molecular weight is 329 g/mol. The van der Waals surface area contributed by atoms with Gasteiger partial charge in [-0.3, -0.25) is 4.79 Å². The van der Waals surface area contributed by atoms with Gasteiger partial charge in [0.25, 0.3) is 5.91 Å². The molecule has 0 spiro atoms. The number of thioether (sulfide) groups is 1. The van der Waals surface area contributed by atoms with Gasteiger partial charge in [-0.1, -0.05) is 41.9 Å². The van der Waals surface area contributed by atoms with Crippen molar-refractivity contribution in [1.29, 1.82) is 0 Å². The minimum absolute atomic E-state index is 0.126. The highest BCUT2D eigenvalue weighted by Crippen LogP contribution is 2.29. The Balaban J connectivity index is 1.85. The molecule has 1 heterocycles. The molecule has 1 N–H and O–H groups in total. The normalized spacial score (nSPS) is 18.0. The van der Waals surface area contributed by atoms with E-state index in [2.05, 4.69) is 10.3 Å². The zero-order valence-electron chi connectivity index (χ0n) is 11.8. The summed E-state index contributed by atoms with van der Waals surface area (Å²) in [6.45, 7) is 1.94. The number of amides is 1. The van der Waals surface area contributed by atoms with E-state index in [0.29, 0.717) is 15.1 Å². The lowest BCUT2D eigenvalue weighted by molar-refractivity contribution is -0.115. The third-order valence-electron chi connectivity index (χ3n) is 3.13. The predicted molar refractivity (Wildman–Crippen MR) is 93.4 cm³/mol. The first-order valence-electron chi connectivity index (χ1n) is 6.72. The van der Waals surface area contributed by atoms with Crippen molar-refractivity contribution in [3.05, 3.63) is 69.6 Å². The first-order chi connectivity index (χ1) is 10.6. The summed E-state index contributed by atoms with van der Waals surface area (Å²) in [5.41, 5.74) is 2.76. The van der Waals surface area contributed by atoms with Crippen molar-refractivity contribution < 1.29 is 4.79 Å². The predicted octanol–water partition coefficient (Wildman–Crippen LogP) is 4.54. The molecule has 1 saturated heterocycles. The minimum Gasteiger partial charge on any atom is -0.300 e. The van der Waals surface area contributed by atoms with Crippen molar-refractivity contribution in [2.45, 2.75) is 6.92 Å². The van der Waals surface area contributed by atoms with Crippen LogP contribution in [-0.2, 0) is 4.79 Å². The Morgan fingerprint density at radius 1 is 1.18 bits per heavy atom. The van der Waals surface area contributed by atoms with Crippen LogP contribution in [-0.4, -0.2) is 11.1 Å². The van der Waals surface area contributed by atoms with Crippen molar-refractivity contribution >= 4 is 46.2 Å². The van der Waals surface area contributed by atoms with Gasteiger partial charge in [-0.05, 0) is 54.1 Å². The summed E-state index contributed by atoms with van der Waals surface area (Å²) in [4.78, 5) is 17.1. The molecule has 1 amide bonds. The molecule has 0 saturated carbocycles. The highest BCUT2D eigenvalue weighted by Gasteiger charge is 2.23. The quantitative estimate of drug-likeness (QED) is 0.822. The van der Waals surface area contributed by atoms with Crippen LogP contribution >= 0.6 is 23.4 Å². The maximum absolute atomic E-state index is 12.0. The monoisotopic (exact) mass is 328 g/mol. The molecule has 3 nitrogen and oxygen atoms in total. The number of rotatable bonds is 2. The lowest BCUT2D eigenvalue weighted by Crippen LogP contribution is -2.19. The van der Waals surface area contributed by atoms with E-state index in [4.69, 9.17) is 11.6 Å². The number of aryl methyl sites for hydroxylation is 1. The van der Waals surface area contributed by atoms with Gasteiger partial charge in [0.2, 0.25) is 0 Å². The average Bonchev–Trinajstić information content (AvgIpc) is 2.83. The van der Waals surface area contributed by atoms with Gasteiger partial charge in [-0.15, -0.1) is 0 Å². The van der Waals surface area contributed by atoms with Gasteiger partial charge in [-0.2, -0.15) is 0 Å². The number of aliphatic imine (C=N–C) groups is 1. The molecule has 0 aromatic heterocycles. The second kappa shape index (κ2) is 6.38. The maximum Gasteiger partial charge on any atom is 0.264 e. The van der Waals surface area contributed by atoms with E-state index in [1.54, 1.807) is 6.07 Å². The molecule has 22 heavy (non-hydrogen) atoms. The van der Waals surface area contributed by atoms with Gasteiger partial charge in [0.05, 0.1) is 10.6 Å². The molecule has 1 aliphatic rings. The fraction of sp³-hybridized carbons (Fsp3) is 0.0588. The first kappa shape index (κ1) is 14.9. The molecule has 3 rings (SSSR count). The van der Waals surface area contributed by atoms with Crippen molar-refractivity contribution in [3.8, 4) is 0 Å². The van der Waals surface area contributed by atoms with Crippen LogP contribution in [0.4, 0.5) is 5.69 Å². The second-order valence-electron chi connectivity index (χ2n) is 4.82. The van der Waals surface area contributed by atoms with Gasteiger partial charge in [0, 0.05) is 5.02 Å². The standard InChI is InChI=1S/C17H13ClN2OS/c1-11-9-13(18)7-8-14(11)19-17-20-16(21)15(22-17)10-12-5-3-2-4-6-12/h2-10H,1H3,(H,19,20,21)/b15-10-. The van der Waals surface area contributed by atoms with Gasteiger partial charge in [0.1, 0.15) is 0 Å². The fourth-order valence-electron chi connectivity index (χ4n) is 2.03. The molecule has 0 aliphatic carbocycles. The molecular formula is C17H13ClN2OS. The highest BCUT2D eigenvalue weighted by atomic mass is 35.5. The molecule has 110 valence electrons. The van der Waals surface area contributed by atoms with Crippen molar-refractivity contribution in [1.82, 2.24) is 5.32 Å². The topological polar surface area (TPSA) is 41.5 Å². The van der Waals surface area contributed by atoms with Crippen LogP contribution in [0.5, 0.6) is 0 Å². The zero-order chi connectivity index (χ0) is 15.5. The molecule has 0 bridgehead atoms. The van der Waals surface area contributed by atoms with E-state index < -0.39 is 0 Å². The molecule has 0 unspecified atom stereocenters. The Hall–Kier alpha value is -2.04. The Kier molecular flexibility index (Phi) is 4.32. The van der Waals surface area contributed by atoms with Crippen LogP contribution < -0.4 is 5.32 Å². The SMILES string of the molecule is Cc1cc(Cl)ccc1N=C1NC(=O)/C(=C/c2ccccc2)S1. The van der Waals surface area contributed by atoms with Crippen molar-refractivity contribution in [2.75, 3.05) is 0 Å². The Morgan fingerprint density at radius 2 is 1.95 bits per heavy atom. The van der Waals surface area contributed by atoms with E-state index in [-0.39, 0.29) is 5.91 Å². The lowest BCUT2D eigenvalue weighted by Gasteiger charge is -2.01. The number of hydrogen-bond acceptors (Lipinski definition) is 3. The van der Waals surface area contributed by atoms with Gasteiger partial charge in [-0.25, -0.2) is 4.99 Å². The Labute approximate surface area is 138 Å². The van der Waals surface area contributed by atoms with Crippen LogP contribution in [0.2, 0.25) is 5.02 Å². The third kappa shape index (κ3) is 3.40. The van der Waals surface area contributed by atoms with Crippen LogP contribution in [0.25, 0.3) is 6.08 Å². The number of carbonyl (C=O) groups is 1. The molecule has 5 heteroatoms. The summed E-state index contributed by atoms with van der Waals surface area (Å²) in [5.74, 6) is -0.126. The summed E-state index contributed by atoms with van der Waals surface area (Å²) in [5, 5.41) is 4.04. The van der Waals surface area contributed by atoms with Crippen LogP contribution in [0.1, 0.15) is 11.1 Å².